The maximum Gasteiger partial charge on any atom is 0.306 e. The number of Topliss-reactive ketones (excluding diaryl/α,β-unsaturated/α-hetero) is 1. The molecule has 12 nitrogen and oxygen atoms in total. The molecule has 1 aliphatic carbocycles. The Morgan fingerprint density at radius 3 is 1.77 bits per heavy atom. The molecule has 1 fully saturated rings. The minimum absolute atomic E-state index is 0.0433. The topological polar surface area (TPSA) is 169 Å². The van der Waals surface area contributed by atoms with Gasteiger partial charge >= 0.3 is 11.9 Å². The highest BCUT2D eigenvalue weighted by Gasteiger charge is 2.39. The van der Waals surface area contributed by atoms with E-state index in [2.05, 4.69) is 13.8 Å². The number of ether oxygens (including phenoxy) is 2. The van der Waals surface area contributed by atoms with Crippen LogP contribution in [0, 0.1) is 11.8 Å². The van der Waals surface area contributed by atoms with Gasteiger partial charge in [0.15, 0.2) is 6.10 Å². The van der Waals surface area contributed by atoms with E-state index in [0.29, 0.717) is 43.1 Å². The predicted molar refractivity (Wildman–Crippen MR) is 242 cm³/mol. The SMILES string of the molecule is CCCCCCCCCCCCCCCCCCCC(=O)OC[C@H](COP(=O)([O-])OCC[N+](C)(C)C)OC(=O)CCCCCC[C@H]1C(=O)C[C@@H](O)[C@@H]1/C=C/[C@@H](O)CCCCC. The summed E-state index contributed by atoms with van der Waals surface area (Å²) in [5, 5.41) is 20.8. The van der Waals surface area contributed by atoms with Crippen molar-refractivity contribution in [2.24, 2.45) is 11.8 Å². The van der Waals surface area contributed by atoms with Crippen molar-refractivity contribution in [2.45, 2.75) is 218 Å². The number of nitrogens with zero attached hydrogens (tertiary/aromatic N) is 1. The summed E-state index contributed by atoms with van der Waals surface area (Å²) in [6.07, 6.45) is 29.9. The molecule has 6 atom stereocenters. The molecule has 0 spiro atoms. The molecule has 2 N–H and O–H groups in total. The zero-order valence-corrected chi connectivity index (χ0v) is 40.2. The molecule has 61 heavy (non-hydrogen) atoms. The Bertz CT molecular complexity index is 1210. The first-order valence-corrected chi connectivity index (χ1v) is 26.0. The van der Waals surface area contributed by atoms with Gasteiger partial charge in [0.05, 0.1) is 40.0 Å². The van der Waals surface area contributed by atoms with Crippen LogP contribution in [0.25, 0.3) is 0 Å². The number of likely N-dealkylation sites (N-methyl/N-ethyl adjacent to an activating group) is 1. The third-order valence-corrected chi connectivity index (χ3v) is 12.6. The Hall–Kier alpha value is -1.66. The number of rotatable bonds is 41. The summed E-state index contributed by atoms with van der Waals surface area (Å²) < 4.78 is 34.0. The summed E-state index contributed by atoms with van der Waals surface area (Å²) in [5.41, 5.74) is 0. The fraction of sp³-hybridized carbons (Fsp3) is 0.896. The van der Waals surface area contributed by atoms with Crippen molar-refractivity contribution in [2.75, 3.05) is 47.5 Å². The van der Waals surface area contributed by atoms with E-state index in [1.54, 1.807) is 6.08 Å². The molecule has 1 aliphatic rings. The van der Waals surface area contributed by atoms with E-state index in [1.807, 2.05) is 27.2 Å². The highest BCUT2D eigenvalue weighted by Crippen LogP contribution is 2.38. The van der Waals surface area contributed by atoms with Gasteiger partial charge in [0.1, 0.15) is 25.5 Å². The van der Waals surface area contributed by atoms with Gasteiger partial charge in [-0.25, -0.2) is 0 Å². The van der Waals surface area contributed by atoms with E-state index in [4.69, 9.17) is 18.5 Å². The Morgan fingerprint density at radius 1 is 0.738 bits per heavy atom. The highest BCUT2D eigenvalue weighted by molar-refractivity contribution is 7.45. The number of aliphatic hydroxyl groups excluding tert-OH is 2. The van der Waals surface area contributed by atoms with Crippen LogP contribution in [0.4, 0.5) is 0 Å². The van der Waals surface area contributed by atoms with Crippen LogP contribution in [-0.4, -0.2) is 98.2 Å². The van der Waals surface area contributed by atoms with Crippen molar-refractivity contribution >= 4 is 25.5 Å². The van der Waals surface area contributed by atoms with E-state index < -0.39 is 44.7 Å². The molecule has 0 heterocycles. The molecule has 0 saturated heterocycles. The molecule has 0 aromatic carbocycles. The average molecular weight is 888 g/mol. The van der Waals surface area contributed by atoms with Crippen molar-refractivity contribution in [1.29, 1.82) is 0 Å². The Labute approximate surface area is 371 Å². The van der Waals surface area contributed by atoms with Crippen LogP contribution in [0.1, 0.15) is 200 Å². The summed E-state index contributed by atoms with van der Waals surface area (Å²) in [4.78, 5) is 50.5. The fourth-order valence-corrected chi connectivity index (χ4v) is 8.52. The lowest BCUT2D eigenvalue weighted by Crippen LogP contribution is -2.37. The van der Waals surface area contributed by atoms with Gasteiger partial charge in [-0.2, -0.15) is 0 Å². The number of phosphoric ester groups is 1. The average Bonchev–Trinajstić information content (AvgIpc) is 3.47. The molecular weight excluding hydrogens is 797 g/mol. The van der Waals surface area contributed by atoms with Crippen molar-refractivity contribution in [3.8, 4) is 0 Å². The maximum absolute atomic E-state index is 12.8. The van der Waals surface area contributed by atoms with Crippen LogP contribution in [0.5, 0.6) is 0 Å². The molecule has 0 aliphatic heterocycles. The van der Waals surface area contributed by atoms with E-state index in [-0.39, 0.29) is 50.1 Å². The number of carbonyl (C=O) groups excluding carboxylic acids is 3. The molecule has 1 unspecified atom stereocenters. The molecule has 358 valence electrons. The summed E-state index contributed by atoms with van der Waals surface area (Å²) in [6, 6.07) is 0. The number of esters is 2. The number of hydrogen-bond donors (Lipinski definition) is 2. The van der Waals surface area contributed by atoms with Gasteiger partial charge in [0, 0.05) is 31.1 Å². The van der Waals surface area contributed by atoms with Crippen molar-refractivity contribution in [3.63, 3.8) is 0 Å². The van der Waals surface area contributed by atoms with Crippen LogP contribution in [0.2, 0.25) is 0 Å². The Kier molecular flexibility index (Phi) is 33.5. The molecular formula is C48H90NO11P. The number of ketones is 1. The molecule has 1 rings (SSSR count). The normalized spacial score (nSPS) is 19.0. The van der Waals surface area contributed by atoms with Gasteiger partial charge < -0.3 is 38.1 Å². The molecule has 1 saturated carbocycles. The monoisotopic (exact) mass is 888 g/mol. The van der Waals surface area contributed by atoms with Crippen molar-refractivity contribution in [3.05, 3.63) is 12.2 Å². The van der Waals surface area contributed by atoms with E-state index in [9.17, 15) is 34.1 Å². The third kappa shape index (κ3) is 32.6. The quantitative estimate of drug-likeness (QED) is 0.0197. The molecule has 13 heteroatoms. The first-order valence-electron chi connectivity index (χ1n) is 24.5. The number of hydrogen-bond acceptors (Lipinski definition) is 11. The molecule has 0 aromatic rings. The lowest BCUT2D eigenvalue weighted by Gasteiger charge is -2.28. The van der Waals surface area contributed by atoms with Gasteiger partial charge in [-0.3, -0.25) is 18.9 Å². The summed E-state index contributed by atoms with van der Waals surface area (Å²) >= 11 is 0. The summed E-state index contributed by atoms with van der Waals surface area (Å²) in [6.45, 7) is 3.88. The van der Waals surface area contributed by atoms with Crippen LogP contribution in [0.3, 0.4) is 0 Å². The molecule has 0 radical (unpaired) electrons. The van der Waals surface area contributed by atoms with Gasteiger partial charge in [-0.15, -0.1) is 0 Å². The maximum atomic E-state index is 12.8. The van der Waals surface area contributed by atoms with E-state index in [0.717, 1.165) is 51.4 Å². The Balaban J connectivity index is 2.41. The largest absolute Gasteiger partial charge is 0.756 e. The first-order chi connectivity index (χ1) is 29.2. The minimum atomic E-state index is -4.69. The first kappa shape index (κ1) is 57.4. The van der Waals surface area contributed by atoms with Gasteiger partial charge in [0.2, 0.25) is 0 Å². The molecule has 0 aromatic heterocycles. The molecule has 0 amide bonds. The zero-order valence-electron chi connectivity index (χ0n) is 39.3. The second-order valence-corrected chi connectivity index (χ2v) is 20.0. The van der Waals surface area contributed by atoms with Gasteiger partial charge in [0.25, 0.3) is 7.82 Å². The number of carbonyl (C=O) groups is 3. The van der Waals surface area contributed by atoms with Crippen molar-refractivity contribution < 1.29 is 57.1 Å². The fourth-order valence-electron chi connectivity index (χ4n) is 7.79. The summed E-state index contributed by atoms with van der Waals surface area (Å²) in [7, 11) is 1.03. The third-order valence-electron chi connectivity index (χ3n) is 11.7. The zero-order chi connectivity index (χ0) is 45.2. The van der Waals surface area contributed by atoms with Gasteiger partial charge in [-0.05, 0) is 25.7 Å². The van der Waals surface area contributed by atoms with E-state index >= 15 is 0 Å². The second kappa shape index (κ2) is 35.7. The smallest absolute Gasteiger partial charge is 0.306 e. The van der Waals surface area contributed by atoms with Crippen LogP contribution in [-0.2, 0) is 37.5 Å². The van der Waals surface area contributed by atoms with Crippen molar-refractivity contribution in [1.82, 2.24) is 0 Å². The standard InChI is InChI=1S/C48H90NO11P/c1-6-8-10-11-12-13-14-15-16-17-18-19-20-21-22-23-28-32-47(53)57-39-42(40-59-61(55,56)58-37-36-49(3,4)5)60-48(54)33-29-25-24-27-31-43-44(46(52)38-45(43)51)35-34-41(50)30-26-9-7-2/h34-35,41-44,46,50,52H,6-33,36-40H2,1-5H3/b35-34+/t41-,42+,43+,44+,46+/m0/s1. The number of unbranched alkanes of at least 4 members (excludes halogenated alkanes) is 21. The Morgan fingerprint density at radius 2 is 1.23 bits per heavy atom. The lowest BCUT2D eigenvalue weighted by molar-refractivity contribution is -0.870. The number of phosphoric acid groups is 1. The van der Waals surface area contributed by atoms with Crippen LogP contribution < -0.4 is 4.89 Å². The number of aliphatic hydroxyl groups is 2. The minimum Gasteiger partial charge on any atom is -0.756 e. The number of quaternary nitrogens is 1. The highest BCUT2D eigenvalue weighted by atomic mass is 31.2. The van der Waals surface area contributed by atoms with Crippen LogP contribution in [0.15, 0.2) is 12.2 Å². The lowest BCUT2D eigenvalue weighted by atomic mass is 9.88. The predicted octanol–water partition coefficient (Wildman–Crippen LogP) is 10.1. The van der Waals surface area contributed by atoms with Crippen LogP contribution >= 0.6 is 7.82 Å². The molecule has 0 bridgehead atoms. The van der Waals surface area contributed by atoms with Gasteiger partial charge in [-0.1, -0.05) is 167 Å². The second-order valence-electron chi connectivity index (χ2n) is 18.6. The summed E-state index contributed by atoms with van der Waals surface area (Å²) in [5.74, 6) is -1.53. The van der Waals surface area contributed by atoms with E-state index in [1.165, 1.54) is 83.5 Å².